The Hall–Kier alpha value is -2.70. The fraction of sp³-hybridized carbons (Fsp3) is 0.565. The quantitative estimate of drug-likeness (QED) is 0.726. The Morgan fingerprint density at radius 2 is 1.90 bits per heavy atom. The van der Waals surface area contributed by atoms with Gasteiger partial charge in [-0.3, -0.25) is 14.2 Å². The number of carbonyl (C=O) groups is 2. The van der Waals surface area contributed by atoms with Crippen LogP contribution in [0.3, 0.4) is 0 Å². The van der Waals surface area contributed by atoms with E-state index >= 15 is 0 Å². The minimum Gasteiger partial charge on any atom is -0.452 e. The van der Waals surface area contributed by atoms with Crippen LogP contribution in [0.4, 0.5) is 0 Å². The van der Waals surface area contributed by atoms with Crippen LogP contribution in [0.15, 0.2) is 23.0 Å². The lowest BCUT2D eigenvalue weighted by molar-refractivity contribution is -0.137. The number of esters is 1. The zero-order valence-electron chi connectivity index (χ0n) is 17.7. The number of ether oxygens (including phenoxy) is 1. The molecular weight excluding hydrogens is 382 g/mol. The molecule has 0 radical (unpaired) electrons. The first kappa shape index (κ1) is 20.6. The molecule has 7 nitrogen and oxygen atoms in total. The normalized spacial score (nSPS) is 21.7. The Kier molecular flexibility index (Phi) is 5.88. The van der Waals surface area contributed by atoms with Crippen LogP contribution >= 0.6 is 0 Å². The number of amides is 1. The van der Waals surface area contributed by atoms with Gasteiger partial charge in [0.25, 0.3) is 11.5 Å². The van der Waals surface area contributed by atoms with Crippen LogP contribution in [-0.4, -0.2) is 46.0 Å². The Morgan fingerprint density at radius 1 is 1.13 bits per heavy atom. The molecule has 1 saturated heterocycles. The van der Waals surface area contributed by atoms with Gasteiger partial charge in [0.15, 0.2) is 6.61 Å². The molecular formula is C23H29N3O4. The van der Waals surface area contributed by atoms with Gasteiger partial charge in [-0.05, 0) is 49.3 Å². The summed E-state index contributed by atoms with van der Waals surface area (Å²) in [6.07, 6.45) is 4.94. The monoisotopic (exact) mass is 411 g/mol. The molecule has 2 aliphatic heterocycles. The summed E-state index contributed by atoms with van der Waals surface area (Å²) in [7, 11) is 0. The molecule has 1 fully saturated rings. The van der Waals surface area contributed by atoms with Gasteiger partial charge in [-0.15, -0.1) is 0 Å². The lowest BCUT2D eigenvalue weighted by Gasteiger charge is -2.34. The molecule has 7 heteroatoms. The first-order chi connectivity index (χ1) is 14.4. The molecule has 1 amide bonds. The van der Waals surface area contributed by atoms with Crippen molar-refractivity contribution in [1.82, 2.24) is 14.5 Å². The molecule has 0 bridgehead atoms. The van der Waals surface area contributed by atoms with Crippen molar-refractivity contribution in [3.8, 4) is 0 Å². The van der Waals surface area contributed by atoms with Crippen LogP contribution in [0.5, 0.6) is 0 Å². The summed E-state index contributed by atoms with van der Waals surface area (Å²) in [6, 6.07) is 4.81. The number of likely N-dealkylation sites (tertiary alicyclic amines) is 1. The van der Waals surface area contributed by atoms with Crippen molar-refractivity contribution in [3.05, 3.63) is 39.9 Å². The van der Waals surface area contributed by atoms with Crippen LogP contribution in [-0.2, 0) is 22.5 Å². The van der Waals surface area contributed by atoms with E-state index in [0.29, 0.717) is 47.9 Å². The average molecular weight is 412 g/mol. The zero-order valence-corrected chi connectivity index (χ0v) is 17.7. The second-order valence-electron chi connectivity index (χ2n) is 8.85. The molecule has 1 aromatic heterocycles. The summed E-state index contributed by atoms with van der Waals surface area (Å²) in [5, 5.41) is 0.504. The highest BCUT2D eigenvalue weighted by molar-refractivity contribution is 5.95. The van der Waals surface area contributed by atoms with Crippen LogP contribution in [0.1, 0.15) is 55.7 Å². The second-order valence-corrected chi connectivity index (χ2v) is 8.85. The number of rotatable bonds is 3. The summed E-state index contributed by atoms with van der Waals surface area (Å²) in [5.74, 6) is 0.951. The van der Waals surface area contributed by atoms with Gasteiger partial charge in [-0.25, -0.2) is 9.78 Å². The van der Waals surface area contributed by atoms with Crippen molar-refractivity contribution < 1.29 is 14.3 Å². The third-order valence-corrected chi connectivity index (χ3v) is 6.10. The molecule has 2 atom stereocenters. The van der Waals surface area contributed by atoms with Crippen molar-refractivity contribution in [2.24, 2.45) is 11.8 Å². The van der Waals surface area contributed by atoms with Crippen molar-refractivity contribution in [2.45, 2.75) is 52.5 Å². The predicted octanol–water partition coefficient (Wildman–Crippen LogP) is 2.78. The predicted molar refractivity (Wildman–Crippen MR) is 113 cm³/mol. The topological polar surface area (TPSA) is 81.5 Å². The number of piperidine rings is 1. The van der Waals surface area contributed by atoms with E-state index in [-0.39, 0.29) is 18.1 Å². The van der Waals surface area contributed by atoms with E-state index in [0.717, 1.165) is 37.9 Å². The SMILES string of the molecule is C[C@@H]1C[C@H](C)CN(C(=O)COC(=O)c2ccc3c(=O)n4c(nc3c2)CCCCC4)C1. The number of nitrogens with zero attached hydrogens (tertiary/aromatic N) is 3. The van der Waals surface area contributed by atoms with Crippen LogP contribution in [0.2, 0.25) is 0 Å². The van der Waals surface area contributed by atoms with Crippen molar-refractivity contribution in [2.75, 3.05) is 19.7 Å². The number of hydrogen-bond donors (Lipinski definition) is 0. The highest BCUT2D eigenvalue weighted by Gasteiger charge is 2.26. The smallest absolute Gasteiger partial charge is 0.338 e. The van der Waals surface area contributed by atoms with E-state index in [2.05, 4.69) is 18.8 Å². The highest BCUT2D eigenvalue weighted by atomic mass is 16.5. The van der Waals surface area contributed by atoms with Crippen molar-refractivity contribution in [1.29, 1.82) is 0 Å². The molecule has 3 heterocycles. The fourth-order valence-electron chi connectivity index (χ4n) is 4.71. The van der Waals surface area contributed by atoms with E-state index in [9.17, 15) is 14.4 Å². The number of fused-ring (bicyclic) bond motifs is 2. The number of benzene rings is 1. The number of hydrogen-bond acceptors (Lipinski definition) is 5. The molecule has 0 aliphatic carbocycles. The van der Waals surface area contributed by atoms with Crippen LogP contribution < -0.4 is 5.56 Å². The van der Waals surface area contributed by atoms with E-state index in [1.165, 1.54) is 0 Å². The number of carbonyl (C=O) groups excluding carboxylic acids is 2. The van der Waals surface area contributed by atoms with Crippen LogP contribution in [0.25, 0.3) is 10.9 Å². The standard InChI is InChI=1S/C23H29N3O4/c1-15-10-16(2)13-25(12-15)21(27)14-30-23(29)17-7-8-18-19(11-17)24-20-6-4-3-5-9-26(20)22(18)28/h7-8,11,15-16H,3-6,9-10,12-14H2,1-2H3/t15-,16+. The van der Waals surface area contributed by atoms with Crippen molar-refractivity contribution in [3.63, 3.8) is 0 Å². The van der Waals surface area contributed by atoms with Gasteiger partial charge in [-0.2, -0.15) is 0 Å². The minimum atomic E-state index is -0.569. The Balaban J connectivity index is 1.48. The van der Waals surface area contributed by atoms with E-state index in [4.69, 9.17) is 4.74 Å². The highest BCUT2D eigenvalue weighted by Crippen LogP contribution is 2.21. The zero-order chi connectivity index (χ0) is 21.3. The van der Waals surface area contributed by atoms with Gasteiger partial charge >= 0.3 is 5.97 Å². The van der Waals surface area contributed by atoms with Gasteiger partial charge in [0, 0.05) is 26.1 Å². The summed E-state index contributed by atoms with van der Waals surface area (Å²) in [4.78, 5) is 44.2. The lowest BCUT2D eigenvalue weighted by Crippen LogP contribution is -2.44. The van der Waals surface area contributed by atoms with E-state index in [1.807, 2.05) is 0 Å². The van der Waals surface area contributed by atoms with Crippen molar-refractivity contribution >= 4 is 22.8 Å². The maximum absolute atomic E-state index is 12.8. The minimum absolute atomic E-state index is 0.0552. The Labute approximate surface area is 176 Å². The van der Waals surface area contributed by atoms with Gasteiger partial charge in [0.2, 0.25) is 0 Å². The van der Waals surface area contributed by atoms with Gasteiger partial charge in [-0.1, -0.05) is 20.3 Å². The third-order valence-electron chi connectivity index (χ3n) is 6.10. The third kappa shape index (κ3) is 4.25. The summed E-state index contributed by atoms with van der Waals surface area (Å²) < 4.78 is 7.04. The fourth-order valence-corrected chi connectivity index (χ4v) is 4.71. The molecule has 160 valence electrons. The maximum Gasteiger partial charge on any atom is 0.338 e. The van der Waals surface area contributed by atoms with Gasteiger partial charge in [0.1, 0.15) is 5.82 Å². The molecule has 0 spiro atoms. The molecule has 2 aromatic rings. The molecule has 0 unspecified atom stereocenters. The van der Waals surface area contributed by atoms with Gasteiger partial charge < -0.3 is 9.64 Å². The molecule has 0 saturated carbocycles. The Morgan fingerprint density at radius 3 is 2.67 bits per heavy atom. The number of aryl methyl sites for hydroxylation is 1. The molecule has 1 aromatic carbocycles. The average Bonchev–Trinajstić information content (AvgIpc) is 2.96. The molecule has 4 rings (SSSR count). The molecule has 2 aliphatic rings. The molecule has 0 N–H and O–H groups in total. The van der Waals surface area contributed by atoms with Crippen LogP contribution in [0, 0.1) is 11.8 Å². The van der Waals surface area contributed by atoms with E-state index < -0.39 is 5.97 Å². The maximum atomic E-state index is 12.8. The second kappa shape index (κ2) is 8.58. The first-order valence-corrected chi connectivity index (χ1v) is 10.9. The van der Waals surface area contributed by atoms with Gasteiger partial charge in [0.05, 0.1) is 16.5 Å². The lowest BCUT2D eigenvalue weighted by atomic mass is 9.92. The largest absolute Gasteiger partial charge is 0.452 e. The van der Waals surface area contributed by atoms with E-state index in [1.54, 1.807) is 27.7 Å². The first-order valence-electron chi connectivity index (χ1n) is 10.9. The molecule has 30 heavy (non-hydrogen) atoms. The Bertz CT molecular complexity index is 1020. The summed E-state index contributed by atoms with van der Waals surface area (Å²) in [5.41, 5.74) is 0.758. The summed E-state index contributed by atoms with van der Waals surface area (Å²) in [6.45, 7) is 6.10. The number of aromatic nitrogens is 2. The summed E-state index contributed by atoms with van der Waals surface area (Å²) >= 11 is 0.